The Morgan fingerprint density at radius 2 is 1.56 bits per heavy atom. The van der Waals surface area contributed by atoms with Crippen LogP contribution in [0.5, 0.6) is 5.75 Å². The van der Waals surface area contributed by atoms with E-state index in [0.717, 1.165) is 24.3 Å². The van der Waals surface area contributed by atoms with Gasteiger partial charge >= 0.3 is 12.5 Å². The molecule has 1 aromatic heterocycles. The zero-order valence-corrected chi connectivity index (χ0v) is 22.6. The minimum Gasteiger partial charge on any atom is -0.405 e. The number of likely N-dealkylation sites (tertiary alicyclic amines) is 1. The molecule has 0 radical (unpaired) electrons. The van der Waals surface area contributed by atoms with Gasteiger partial charge in [-0.25, -0.2) is 18.4 Å². The van der Waals surface area contributed by atoms with Crippen LogP contribution in [0.15, 0.2) is 66.1 Å². The van der Waals surface area contributed by atoms with Gasteiger partial charge in [0.15, 0.2) is 9.84 Å². The standard InChI is InChI=1S/C27H25F6N3O4S/c1-25(2,41(38,39)21-5-3-4-20(13-21)26(28,29)30)19-8-10-36(11-9-19)24(37)22-7-6-17(18-14-34-16-35-15-18)12-23(22)40-27(31,32)33/h3-7,12-16,19H,8-11H2,1-2H3. The lowest BCUT2D eigenvalue weighted by molar-refractivity contribution is -0.274. The fourth-order valence-electron chi connectivity index (χ4n) is 4.85. The average Bonchev–Trinajstić information content (AvgIpc) is 2.92. The van der Waals surface area contributed by atoms with Gasteiger partial charge in [0.2, 0.25) is 0 Å². The molecule has 41 heavy (non-hydrogen) atoms. The van der Waals surface area contributed by atoms with Crippen LogP contribution in [0.25, 0.3) is 11.1 Å². The van der Waals surface area contributed by atoms with Gasteiger partial charge in [-0.05, 0) is 68.5 Å². The molecule has 7 nitrogen and oxygen atoms in total. The van der Waals surface area contributed by atoms with Gasteiger partial charge in [0.25, 0.3) is 5.91 Å². The van der Waals surface area contributed by atoms with E-state index in [0.29, 0.717) is 17.2 Å². The summed E-state index contributed by atoms with van der Waals surface area (Å²) in [5.41, 5.74) is -0.722. The molecule has 14 heteroatoms. The summed E-state index contributed by atoms with van der Waals surface area (Å²) in [6.45, 7) is 2.88. The average molecular weight is 602 g/mol. The number of sulfone groups is 1. The van der Waals surface area contributed by atoms with Crippen LogP contribution >= 0.6 is 0 Å². The number of hydrogen-bond acceptors (Lipinski definition) is 6. The summed E-state index contributed by atoms with van der Waals surface area (Å²) >= 11 is 0. The second-order valence-corrected chi connectivity index (χ2v) is 12.6. The number of carbonyl (C=O) groups excluding carboxylic acids is 1. The number of carbonyl (C=O) groups is 1. The summed E-state index contributed by atoms with van der Waals surface area (Å²) in [6, 6.07) is 7.24. The van der Waals surface area contributed by atoms with E-state index in [-0.39, 0.29) is 31.5 Å². The van der Waals surface area contributed by atoms with Gasteiger partial charge in [0, 0.05) is 31.0 Å². The Hall–Kier alpha value is -3.68. The van der Waals surface area contributed by atoms with Crippen molar-refractivity contribution in [3.63, 3.8) is 0 Å². The lowest BCUT2D eigenvalue weighted by Gasteiger charge is -2.40. The third-order valence-corrected chi connectivity index (χ3v) is 9.85. The smallest absolute Gasteiger partial charge is 0.405 e. The second kappa shape index (κ2) is 11.0. The minimum absolute atomic E-state index is 0.0186. The van der Waals surface area contributed by atoms with Crippen molar-refractivity contribution in [2.45, 2.75) is 48.9 Å². The Morgan fingerprint density at radius 3 is 2.15 bits per heavy atom. The number of amides is 1. The van der Waals surface area contributed by atoms with Crippen molar-refractivity contribution >= 4 is 15.7 Å². The molecule has 1 saturated heterocycles. The predicted molar refractivity (Wildman–Crippen MR) is 135 cm³/mol. The van der Waals surface area contributed by atoms with Crippen LogP contribution < -0.4 is 4.74 Å². The summed E-state index contributed by atoms with van der Waals surface area (Å²) in [6.07, 6.45) is -5.44. The molecule has 1 aliphatic heterocycles. The van der Waals surface area contributed by atoms with Gasteiger partial charge in [-0.2, -0.15) is 13.2 Å². The van der Waals surface area contributed by atoms with Crippen molar-refractivity contribution in [1.29, 1.82) is 0 Å². The Morgan fingerprint density at radius 1 is 0.927 bits per heavy atom. The third-order valence-electron chi connectivity index (χ3n) is 7.26. The minimum atomic E-state index is -5.07. The number of nitrogens with zero attached hydrogens (tertiary/aromatic N) is 3. The maximum Gasteiger partial charge on any atom is 0.573 e. The van der Waals surface area contributed by atoms with Crippen LogP contribution in [0.4, 0.5) is 26.3 Å². The molecule has 0 saturated carbocycles. The van der Waals surface area contributed by atoms with Crippen LogP contribution in [0, 0.1) is 5.92 Å². The number of halogens is 6. The van der Waals surface area contributed by atoms with Crippen LogP contribution in [0.1, 0.15) is 42.6 Å². The van der Waals surface area contributed by atoms with E-state index in [1.165, 1.54) is 49.6 Å². The highest BCUT2D eigenvalue weighted by molar-refractivity contribution is 7.92. The first kappa shape index (κ1) is 30.3. The number of benzene rings is 2. The lowest BCUT2D eigenvalue weighted by atomic mass is 9.85. The Bertz CT molecular complexity index is 1520. The highest BCUT2D eigenvalue weighted by Crippen LogP contribution is 2.40. The van der Waals surface area contributed by atoms with Crippen molar-refractivity contribution in [2.24, 2.45) is 5.92 Å². The molecule has 4 rings (SSSR count). The number of rotatable bonds is 6. The van der Waals surface area contributed by atoms with Gasteiger partial charge < -0.3 is 9.64 Å². The van der Waals surface area contributed by atoms with Gasteiger partial charge in [0.1, 0.15) is 12.1 Å². The van der Waals surface area contributed by atoms with Gasteiger partial charge in [-0.3, -0.25) is 4.79 Å². The van der Waals surface area contributed by atoms with E-state index in [4.69, 9.17) is 0 Å². The summed E-state index contributed by atoms with van der Waals surface area (Å²) in [4.78, 5) is 21.8. The zero-order chi connectivity index (χ0) is 30.2. The highest BCUT2D eigenvalue weighted by Gasteiger charge is 2.45. The van der Waals surface area contributed by atoms with E-state index in [2.05, 4.69) is 14.7 Å². The topological polar surface area (TPSA) is 89.5 Å². The Balaban J connectivity index is 1.54. The molecule has 0 spiro atoms. The van der Waals surface area contributed by atoms with Crippen LogP contribution in [0.2, 0.25) is 0 Å². The van der Waals surface area contributed by atoms with Crippen LogP contribution in [-0.4, -0.2) is 53.4 Å². The molecule has 0 bridgehead atoms. The van der Waals surface area contributed by atoms with Crippen molar-refractivity contribution in [3.8, 4) is 16.9 Å². The molecule has 0 aliphatic carbocycles. The first-order valence-corrected chi connectivity index (χ1v) is 13.9. The molecule has 2 heterocycles. The molecule has 1 aliphatic rings. The number of alkyl halides is 6. The molecule has 1 amide bonds. The number of hydrogen-bond donors (Lipinski definition) is 0. The molecule has 0 unspecified atom stereocenters. The quantitative estimate of drug-likeness (QED) is 0.314. The number of aromatic nitrogens is 2. The summed E-state index contributed by atoms with van der Waals surface area (Å²) in [7, 11) is -4.23. The number of piperidine rings is 1. The Kier molecular flexibility index (Phi) is 8.09. The van der Waals surface area contributed by atoms with Crippen molar-refractivity contribution in [1.82, 2.24) is 14.9 Å². The first-order chi connectivity index (χ1) is 19.0. The SMILES string of the molecule is CC(C)(C1CCN(C(=O)c2ccc(-c3cncnc3)cc2OC(F)(F)F)CC1)S(=O)(=O)c1cccc(C(F)(F)F)c1. The molecular weight excluding hydrogens is 576 g/mol. The van der Waals surface area contributed by atoms with Gasteiger partial charge in [-0.15, -0.1) is 13.2 Å². The van der Waals surface area contributed by atoms with Crippen LogP contribution in [0.3, 0.4) is 0 Å². The molecule has 0 N–H and O–H groups in total. The highest BCUT2D eigenvalue weighted by atomic mass is 32.2. The molecule has 1 fully saturated rings. The third kappa shape index (κ3) is 6.47. The molecule has 2 aromatic carbocycles. The van der Waals surface area contributed by atoms with Crippen molar-refractivity contribution in [2.75, 3.05) is 13.1 Å². The fourth-order valence-corrected chi connectivity index (χ4v) is 6.67. The summed E-state index contributed by atoms with van der Waals surface area (Å²) < 4.78 is 109. The van der Waals surface area contributed by atoms with E-state index in [1.54, 1.807) is 0 Å². The van der Waals surface area contributed by atoms with E-state index in [9.17, 15) is 39.6 Å². The van der Waals surface area contributed by atoms with Crippen molar-refractivity contribution < 1.29 is 44.3 Å². The largest absolute Gasteiger partial charge is 0.573 e. The van der Waals surface area contributed by atoms with Crippen molar-refractivity contribution in [3.05, 3.63) is 72.3 Å². The van der Waals surface area contributed by atoms with Gasteiger partial charge in [0.05, 0.1) is 20.8 Å². The predicted octanol–water partition coefficient (Wildman–Crippen LogP) is 6.17. The molecular formula is C27H25F6N3O4S. The molecule has 3 aromatic rings. The second-order valence-electron chi connectivity index (χ2n) is 10.1. The summed E-state index contributed by atoms with van der Waals surface area (Å²) in [5.74, 6) is -1.99. The van der Waals surface area contributed by atoms with E-state index < -0.39 is 55.2 Å². The van der Waals surface area contributed by atoms with Crippen LogP contribution in [-0.2, 0) is 16.0 Å². The summed E-state index contributed by atoms with van der Waals surface area (Å²) in [5, 5.41) is 0. The maximum atomic E-state index is 13.4. The first-order valence-electron chi connectivity index (χ1n) is 12.4. The zero-order valence-electron chi connectivity index (χ0n) is 21.8. The normalized spacial score (nSPS) is 15.6. The molecule has 220 valence electrons. The van der Waals surface area contributed by atoms with Gasteiger partial charge in [-0.1, -0.05) is 12.1 Å². The lowest BCUT2D eigenvalue weighted by Crippen LogP contribution is -2.47. The Labute approximate surface area is 232 Å². The number of ether oxygens (including phenoxy) is 1. The fraction of sp³-hybridized carbons (Fsp3) is 0.370. The van der Waals surface area contributed by atoms with E-state index in [1.807, 2.05) is 0 Å². The maximum absolute atomic E-state index is 13.4. The molecule has 0 atom stereocenters. The van der Waals surface area contributed by atoms with E-state index >= 15 is 0 Å². The monoisotopic (exact) mass is 601 g/mol.